The molecule has 17 heavy (non-hydrogen) atoms. The molecule has 1 rings (SSSR count). The molecule has 0 saturated heterocycles. The Morgan fingerprint density at radius 2 is 2.35 bits per heavy atom. The Morgan fingerprint density at radius 1 is 1.71 bits per heavy atom. The van der Waals surface area contributed by atoms with E-state index in [2.05, 4.69) is 15.0 Å². The molecule has 0 bridgehead atoms. The number of aromatic nitrogens is 1. The zero-order chi connectivity index (χ0) is 13.0. The number of rotatable bonds is 5. The average Bonchev–Trinajstić information content (AvgIpc) is 2.60. The predicted molar refractivity (Wildman–Crippen MR) is 56.7 cm³/mol. The second kappa shape index (κ2) is 5.39. The standard InChI is InChI=1S/C9H13N3O5/c1-5(4-16-3)10-9(13)7-8(12(14)15)6(2)17-11-7/h5H,4H2,1-3H3,(H,10,13)/t5-/m0/s1. The maximum absolute atomic E-state index is 11.7. The molecule has 1 heterocycles. The van der Waals surface area contributed by atoms with Crippen LogP contribution in [-0.2, 0) is 4.74 Å². The van der Waals surface area contributed by atoms with Gasteiger partial charge in [-0.05, 0) is 6.92 Å². The molecule has 0 spiro atoms. The van der Waals surface area contributed by atoms with Gasteiger partial charge in [-0.2, -0.15) is 0 Å². The fourth-order valence-electron chi connectivity index (χ4n) is 1.32. The Balaban J connectivity index is 2.86. The van der Waals surface area contributed by atoms with E-state index in [1.807, 2.05) is 0 Å². The number of carbonyl (C=O) groups is 1. The topological polar surface area (TPSA) is 108 Å². The first-order chi connectivity index (χ1) is 7.97. The lowest BCUT2D eigenvalue weighted by atomic mass is 10.2. The van der Waals surface area contributed by atoms with Crippen LogP contribution in [0.5, 0.6) is 0 Å². The molecule has 8 heteroatoms. The van der Waals surface area contributed by atoms with Crippen molar-refractivity contribution in [1.82, 2.24) is 10.5 Å². The van der Waals surface area contributed by atoms with Crippen molar-refractivity contribution in [2.75, 3.05) is 13.7 Å². The highest BCUT2D eigenvalue weighted by atomic mass is 16.6. The van der Waals surface area contributed by atoms with Crippen LogP contribution in [0.15, 0.2) is 4.52 Å². The van der Waals surface area contributed by atoms with Gasteiger partial charge in [0.1, 0.15) is 0 Å². The van der Waals surface area contributed by atoms with E-state index in [4.69, 9.17) is 4.74 Å². The molecule has 0 aromatic carbocycles. The number of aryl methyl sites for hydroxylation is 1. The zero-order valence-electron chi connectivity index (χ0n) is 9.72. The van der Waals surface area contributed by atoms with Crippen LogP contribution >= 0.6 is 0 Å². The maximum atomic E-state index is 11.7. The molecule has 8 nitrogen and oxygen atoms in total. The van der Waals surface area contributed by atoms with Gasteiger partial charge < -0.3 is 14.6 Å². The summed E-state index contributed by atoms with van der Waals surface area (Å²) in [5, 5.41) is 16.6. The molecule has 94 valence electrons. The first kappa shape index (κ1) is 13.1. The van der Waals surface area contributed by atoms with E-state index in [0.717, 1.165) is 0 Å². The lowest BCUT2D eigenvalue weighted by Crippen LogP contribution is -2.36. The lowest BCUT2D eigenvalue weighted by Gasteiger charge is -2.10. The summed E-state index contributed by atoms with van der Waals surface area (Å²) in [5.74, 6) is -0.655. The fraction of sp³-hybridized carbons (Fsp3) is 0.556. The molecule has 0 unspecified atom stereocenters. The maximum Gasteiger partial charge on any atom is 0.344 e. The summed E-state index contributed by atoms with van der Waals surface area (Å²) in [7, 11) is 1.49. The van der Waals surface area contributed by atoms with Crippen LogP contribution in [0, 0.1) is 17.0 Å². The monoisotopic (exact) mass is 243 g/mol. The van der Waals surface area contributed by atoms with E-state index in [0.29, 0.717) is 6.61 Å². The molecule has 1 N–H and O–H groups in total. The van der Waals surface area contributed by atoms with Gasteiger partial charge in [0.15, 0.2) is 0 Å². The van der Waals surface area contributed by atoms with Crippen LogP contribution < -0.4 is 5.32 Å². The SMILES string of the molecule is COC[C@H](C)NC(=O)c1noc(C)c1[N+](=O)[O-]. The Labute approximate surface area is 97.1 Å². The minimum atomic E-state index is -0.693. The van der Waals surface area contributed by atoms with E-state index in [-0.39, 0.29) is 17.5 Å². The highest BCUT2D eigenvalue weighted by molar-refractivity contribution is 5.96. The van der Waals surface area contributed by atoms with Gasteiger partial charge in [0.2, 0.25) is 11.5 Å². The highest BCUT2D eigenvalue weighted by Gasteiger charge is 2.29. The highest BCUT2D eigenvalue weighted by Crippen LogP contribution is 2.22. The van der Waals surface area contributed by atoms with E-state index in [1.165, 1.54) is 14.0 Å². The van der Waals surface area contributed by atoms with Gasteiger partial charge in [-0.1, -0.05) is 5.16 Å². The Hall–Kier alpha value is -1.96. The van der Waals surface area contributed by atoms with Crippen molar-refractivity contribution in [3.63, 3.8) is 0 Å². The molecule has 0 saturated carbocycles. The molecular weight excluding hydrogens is 230 g/mol. The molecule has 0 aliphatic heterocycles. The van der Waals surface area contributed by atoms with E-state index in [9.17, 15) is 14.9 Å². The Kier molecular flexibility index (Phi) is 4.16. The van der Waals surface area contributed by atoms with Gasteiger partial charge in [0, 0.05) is 20.1 Å². The number of amides is 1. The predicted octanol–water partition coefficient (Wildman–Crippen LogP) is 0.656. The number of nitrogens with one attached hydrogen (secondary N) is 1. The Bertz CT molecular complexity index is 428. The largest absolute Gasteiger partial charge is 0.383 e. The summed E-state index contributed by atoms with van der Waals surface area (Å²) in [5.41, 5.74) is -0.734. The van der Waals surface area contributed by atoms with E-state index >= 15 is 0 Å². The smallest absolute Gasteiger partial charge is 0.344 e. The van der Waals surface area contributed by atoms with Gasteiger partial charge in [-0.15, -0.1) is 0 Å². The third-order valence-corrected chi connectivity index (χ3v) is 2.02. The molecule has 0 aliphatic carbocycles. The summed E-state index contributed by atoms with van der Waals surface area (Å²) in [6, 6.07) is -0.274. The number of hydrogen-bond acceptors (Lipinski definition) is 6. The molecule has 0 fully saturated rings. The van der Waals surface area contributed by atoms with Gasteiger partial charge in [0.25, 0.3) is 5.91 Å². The zero-order valence-corrected chi connectivity index (χ0v) is 9.72. The number of nitrogens with zero attached hydrogens (tertiary/aromatic N) is 2. The van der Waals surface area contributed by atoms with Crippen LogP contribution in [-0.4, -0.2) is 35.7 Å². The van der Waals surface area contributed by atoms with Crippen molar-refractivity contribution in [2.24, 2.45) is 0 Å². The molecule has 0 radical (unpaired) electrons. The minimum Gasteiger partial charge on any atom is -0.383 e. The fourth-order valence-corrected chi connectivity index (χ4v) is 1.32. The van der Waals surface area contributed by atoms with Crippen LogP contribution in [0.3, 0.4) is 0 Å². The van der Waals surface area contributed by atoms with Crippen molar-refractivity contribution >= 4 is 11.6 Å². The molecule has 1 amide bonds. The summed E-state index contributed by atoms with van der Waals surface area (Å²) >= 11 is 0. The molecule has 0 aliphatic rings. The van der Waals surface area contributed by atoms with Crippen molar-refractivity contribution in [3.05, 3.63) is 21.6 Å². The van der Waals surface area contributed by atoms with Gasteiger partial charge in [-0.3, -0.25) is 14.9 Å². The van der Waals surface area contributed by atoms with Crippen LogP contribution in [0.1, 0.15) is 23.2 Å². The second-order valence-electron chi connectivity index (χ2n) is 3.52. The van der Waals surface area contributed by atoms with E-state index < -0.39 is 16.5 Å². The van der Waals surface area contributed by atoms with Gasteiger partial charge in [-0.25, -0.2) is 0 Å². The summed E-state index contributed by atoms with van der Waals surface area (Å²) in [6.07, 6.45) is 0. The minimum absolute atomic E-state index is 0.000422. The summed E-state index contributed by atoms with van der Waals surface area (Å²) in [6.45, 7) is 3.39. The second-order valence-corrected chi connectivity index (χ2v) is 3.52. The normalized spacial score (nSPS) is 12.2. The van der Waals surface area contributed by atoms with Crippen LogP contribution in [0.2, 0.25) is 0 Å². The number of hydrogen-bond donors (Lipinski definition) is 1. The first-order valence-electron chi connectivity index (χ1n) is 4.87. The van der Waals surface area contributed by atoms with Gasteiger partial charge in [0.05, 0.1) is 11.5 Å². The lowest BCUT2D eigenvalue weighted by molar-refractivity contribution is -0.386. The molecule has 1 atom stereocenters. The van der Waals surface area contributed by atoms with Crippen molar-refractivity contribution in [3.8, 4) is 0 Å². The molecule has 1 aromatic heterocycles. The number of nitro groups is 1. The van der Waals surface area contributed by atoms with E-state index in [1.54, 1.807) is 6.92 Å². The third-order valence-electron chi connectivity index (χ3n) is 2.02. The number of methoxy groups -OCH3 is 1. The summed E-state index contributed by atoms with van der Waals surface area (Å²) in [4.78, 5) is 21.7. The van der Waals surface area contributed by atoms with Crippen molar-refractivity contribution in [1.29, 1.82) is 0 Å². The van der Waals surface area contributed by atoms with Crippen molar-refractivity contribution < 1.29 is 19.0 Å². The Morgan fingerprint density at radius 3 is 2.88 bits per heavy atom. The molecular formula is C9H13N3O5. The van der Waals surface area contributed by atoms with Crippen molar-refractivity contribution in [2.45, 2.75) is 19.9 Å². The first-order valence-corrected chi connectivity index (χ1v) is 4.87. The van der Waals surface area contributed by atoms with Gasteiger partial charge >= 0.3 is 5.69 Å². The third kappa shape index (κ3) is 3.00. The number of carbonyl (C=O) groups excluding carboxylic acids is 1. The van der Waals surface area contributed by atoms with Crippen LogP contribution in [0.4, 0.5) is 5.69 Å². The van der Waals surface area contributed by atoms with Crippen LogP contribution in [0.25, 0.3) is 0 Å². The molecule has 1 aromatic rings. The average molecular weight is 243 g/mol. The summed E-state index contributed by atoms with van der Waals surface area (Å²) < 4.78 is 9.47. The number of ether oxygens (including phenoxy) is 1. The quantitative estimate of drug-likeness (QED) is 0.601.